The van der Waals surface area contributed by atoms with Crippen molar-refractivity contribution in [2.45, 2.75) is 23.5 Å². The monoisotopic (exact) mass is 607 g/mol. The highest BCUT2D eigenvalue weighted by Crippen LogP contribution is 2.38. The number of fused-ring (bicyclic) bond motifs is 2. The molecule has 0 atom stereocenters. The van der Waals surface area contributed by atoms with Crippen LogP contribution in [-0.4, -0.2) is 44.3 Å². The lowest BCUT2D eigenvalue weighted by Gasteiger charge is -2.24. The molecule has 0 radical (unpaired) electrons. The van der Waals surface area contributed by atoms with E-state index in [0.717, 1.165) is 44.2 Å². The number of para-hydroxylation sites is 2. The first-order valence-corrected chi connectivity index (χ1v) is 17.4. The summed E-state index contributed by atoms with van der Waals surface area (Å²) in [6.45, 7) is 3.43. The number of hydrogen-bond acceptors (Lipinski definition) is 7. The van der Waals surface area contributed by atoms with Crippen LogP contribution < -0.4 is 0 Å². The molecule has 7 nitrogen and oxygen atoms in total. The Labute approximate surface area is 251 Å². The fourth-order valence-corrected chi connectivity index (χ4v) is 6.25. The first-order valence-electron chi connectivity index (χ1n) is 13.6. The number of sulfone groups is 2. The lowest BCUT2D eigenvalue weighted by molar-refractivity contribution is 0.561. The van der Waals surface area contributed by atoms with E-state index in [-0.39, 0.29) is 4.90 Å². The van der Waals surface area contributed by atoms with E-state index < -0.39 is 24.4 Å². The van der Waals surface area contributed by atoms with E-state index in [2.05, 4.69) is 4.98 Å². The Morgan fingerprint density at radius 2 is 1.26 bits per heavy atom. The number of hydrogen-bond donors (Lipinski definition) is 0. The van der Waals surface area contributed by atoms with Crippen molar-refractivity contribution in [2.24, 2.45) is 0 Å². The van der Waals surface area contributed by atoms with Gasteiger partial charge in [-0.05, 0) is 73.5 Å². The molecule has 0 aliphatic carbocycles. The maximum Gasteiger partial charge on any atom is 0.175 e. The van der Waals surface area contributed by atoms with E-state index in [1.54, 1.807) is 44.3 Å². The van der Waals surface area contributed by atoms with E-state index in [1.165, 1.54) is 12.5 Å². The van der Waals surface area contributed by atoms with Crippen molar-refractivity contribution in [1.82, 2.24) is 15.0 Å². The summed E-state index contributed by atoms with van der Waals surface area (Å²) in [6.07, 6.45) is 4.16. The first kappa shape index (κ1) is 28.6. The molecule has 0 saturated heterocycles. The molecule has 0 fully saturated rings. The highest BCUT2D eigenvalue weighted by molar-refractivity contribution is 7.91. The molecule has 6 rings (SSSR count). The van der Waals surface area contributed by atoms with Gasteiger partial charge in [0.25, 0.3) is 0 Å². The summed E-state index contributed by atoms with van der Waals surface area (Å²) >= 11 is 0. The molecule has 9 heteroatoms. The summed E-state index contributed by atoms with van der Waals surface area (Å²) in [5.41, 5.74) is 7.31. The van der Waals surface area contributed by atoms with E-state index in [9.17, 15) is 16.8 Å². The molecule has 6 aromatic rings. The molecule has 0 N–H and O–H groups in total. The topological polar surface area (TPSA) is 107 Å². The van der Waals surface area contributed by atoms with Gasteiger partial charge in [0.05, 0.1) is 37.6 Å². The normalized spacial score (nSPS) is 12.6. The minimum absolute atomic E-state index is 0.227. The maximum absolute atomic E-state index is 12.8. The van der Waals surface area contributed by atoms with Crippen molar-refractivity contribution >= 4 is 41.6 Å². The van der Waals surface area contributed by atoms with E-state index in [0.29, 0.717) is 17.0 Å². The SMILES string of the molecule is CC(C)(c1cc(-c2cccc(-c3nc4ccccc4nc3-c3ccc(S(C)(=O)=O)cc3)c2)c2ncccc2c1)S(C)(=O)=O. The van der Waals surface area contributed by atoms with E-state index >= 15 is 0 Å². The molecular formula is C34H29N3O4S2. The van der Waals surface area contributed by atoms with Gasteiger partial charge in [0.2, 0.25) is 0 Å². The largest absolute Gasteiger partial charge is 0.256 e. The summed E-state index contributed by atoms with van der Waals surface area (Å²) < 4.78 is 48.6. The van der Waals surface area contributed by atoms with Crippen LogP contribution in [0.5, 0.6) is 0 Å². The molecule has 4 aromatic carbocycles. The number of nitrogens with zero attached hydrogens (tertiary/aromatic N) is 3. The van der Waals surface area contributed by atoms with Crippen LogP contribution in [0.1, 0.15) is 19.4 Å². The molecule has 2 aromatic heterocycles. The number of benzene rings is 4. The Balaban J connectivity index is 1.58. The van der Waals surface area contributed by atoms with Crippen LogP contribution >= 0.6 is 0 Å². The van der Waals surface area contributed by atoms with Crippen molar-refractivity contribution in [3.05, 3.63) is 109 Å². The second kappa shape index (κ2) is 10.4. The summed E-state index contributed by atoms with van der Waals surface area (Å²) in [7, 11) is -6.78. The van der Waals surface area contributed by atoms with Crippen molar-refractivity contribution in [2.75, 3.05) is 12.5 Å². The molecule has 2 heterocycles. The minimum atomic E-state index is -3.42. The van der Waals surface area contributed by atoms with Gasteiger partial charge >= 0.3 is 0 Å². The average molecular weight is 608 g/mol. The first-order chi connectivity index (χ1) is 20.3. The van der Waals surface area contributed by atoms with Crippen molar-refractivity contribution in [3.63, 3.8) is 0 Å². The zero-order chi connectivity index (χ0) is 30.6. The predicted molar refractivity (Wildman–Crippen MR) is 172 cm³/mol. The van der Waals surface area contributed by atoms with Crippen molar-refractivity contribution in [3.8, 4) is 33.6 Å². The standard InChI is InChI=1S/C34H29N3O4S2/c1-34(2,43(4,40)41)26-20-25-11-8-18-35-31(25)28(21-26)23-9-7-10-24(19-23)33-32(36-29-12-5-6-13-30(29)37-33)22-14-16-27(17-15-22)42(3,38)39/h5-21H,1-4H3. The van der Waals surface area contributed by atoms with Gasteiger partial charge in [0.1, 0.15) is 0 Å². The summed E-state index contributed by atoms with van der Waals surface area (Å²) in [4.78, 5) is 14.8. The second-order valence-electron chi connectivity index (χ2n) is 11.2. The fourth-order valence-electron chi connectivity index (χ4n) is 5.07. The quantitative estimate of drug-likeness (QED) is 0.204. The predicted octanol–water partition coefficient (Wildman–Crippen LogP) is 6.86. The highest BCUT2D eigenvalue weighted by Gasteiger charge is 2.33. The fraction of sp³-hybridized carbons (Fsp3) is 0.147. The maximum atomic E-state index is 12.8. The van der Waals surface area contributed by atoms with Crippen LogP contribution in [0.15, 0.2) is 108 Å². The smallest absolute Gasteiger partial charge is 0.175 e. The Morgan fingerprint density at radius 1 is 0.628 bits per heavy atom. The minimum Gasteiger partial charge on any atom is -0.256 e. The van der Waals surface area contributed by atoms with Crippen LogP contribution in [0, 0.1) is 0 Å². The molecule has 216 valence electrons. The number of aromatic nitrogens is 3. The van der Waals surface area contributed by atoms with Gasteiger partial charge in [-0.1, -0.05) is 48.5 Å². The van der Waals surface area contributed by atoms with E-state index in [4.69, 9.17) is 9.97 Å². The summed E-state index contributed by atoms with van der Waals surface area (Å²) in [5, 5.41) is 0.842. The molecule has 0 aliphatic heterocycles. The van der Waals surface area contributed by atoms with Gasteiger partial charge in [0.15, 0.2) is 19.7 Å². The average Bonchev–Trinajstić information content (AvgIpc) is 2.99. The van der Waals surface area contributed by atoms with Crippen LogP contribution in [-0.2, 0) is 24.4 Å². The molecule has 0 bridgehead atoms. The number of rotatable bonds is 6. The third-order valence-electron chi connectivity index (χ3n) is 7.90. The van der Waals surface area contributed by atoms with Gasteiger partial charge in [0, 0.05) is 40.8 Å². The van der Waals surface area contributed by atoms with Gasteiger partial charge in [-0.15, -0.1) is 0 Å². The van der Waals surface area contributed by atoms with Gasteiger partial charge in [-0.3, -0.25) is 4.98 Å². The second-order valence-corrected chi connectivity index (χ2v) is 15.7. The molecule has 0 unspecified atom stereocenters. The third-order valence-corrected chi connectivity index (χ3v) is 11.1. The highest BCUT2D eigenvalue weighted by atomic mass is 32.2. The number of pyridine rings is 1. The molecule has 43 heavy (non-hydrogen) atoms. The van der Waals surface area contributed by atoms with E-state index in [1.807, 2.05) is 72.8 Å². The third kappa shape index (κ3) is 5.30. The lowest BCUT2D eigenvalue weighted by Crippen LogP contribution is -2.28. The Kier molecular flexibility index (Phi) is 6.90. The Morgan fingerprint density at radius 3 is 1.88 bits per heavy atom. The van der Waals surface area contributed by atoms with Crippen LogP contribution in [0.4, 0.5) is 0 Å². The van der Waals surface area contributed by atoms with Gasteiger partial charge in [-0.25, -0.2) is 26.8 Å². The summed E-state index contributed by atoms with van der Waals surface area (Å²) in [5.74, 6) is 0. The Bertz CT molecular complexity index is 2260. The molecule has 0 spiro atoms. The molecular weight excluding hydrogens is 579 g/mol. The van der Waals surface area contributed by atoms with Crippen LogP contribution in [0.25, 0.3) is 55.6 Å². The van der Waals surface area contributed by atoms with Crippen molar-refractivity contribution in [1.29, 1.82) is 0 Å². The van der Waals surface area contributed by atoms with Gasteiger partial charge < -0.3 is 0 Å². The molecule has 0 saturated carbocycles. The summed E-state index contributed by atoms with van der Waals surface area (Å²) in [6, 6.07) is 29.7. The lowest BCUT2D eigenvalue weighted by atomic mass is 9.92. The zero-order valence-electron chi connectivity index (χ0n) is 24.1. The van der Waals surface area contributed by atoms with Crippen LogP contribution in [0.3, 0.4) is 0 Å². The Hall–Kier alpha value is -4.47. The van der Waals surface area contributed by atoms with Gasteiger partial charge in [-0.2, -0.15) is 0 Å². The molecule has 0 amide bonds. The molecule has 0 aliphatic rings. The van der Waals surface area contributed by atoms with Crippen molar-refractivity contribution < 1.29 is 16.8 Å². The van der Waals surface area contributed by atoms with Crippen LogP contribution in [0.2, 0.25) is 0 Å². The zero-order valence-corrected chi connectivity index (χ0v) is 25.7.